The zero-order valence-electron chi connectivity index (χ0n) is 27.2. The van der Waals surface area contributed by atoms with E-state index in [1.807, 2.05) is 0 Å². The van der Waals surface area contributed by atoms with Gasteiger partial charge in [-0.25, -0.2) is 26.8 Å². The Hall–Kier alpha value is -5.10. The molecule has 1 fully saturated rings. The maximum atomic E-state index is 13.5. The lowest BCUT2D eigenvalue weighted by Gasteiger charge is -2.41. The van der Waals surface area contributed by atoms with Gasteiger partial charge in [-0.05, 0) is 42.3 Å². The van der Waals surface area contributed by atoms with Crippen LogP contribution in [0.15, 0.2) is 42.5 Å². The number of alkyl halides is 6. The van der Waals surface area contributed by atoms with Gasteiger partial charge in [0.2, 0.25) is 21.8 Å². The number of hydrogen-bond donors (Lipinski definition) is 6. The average molecular weight is 796 g/mol. The number of carbonyl (C=O) groups is 5. The Labute approximate surface area is 295 Å². The van der Waals surface area contributed by atoms with Crippen molar-refractivity contribution in [3.63, 3.8) is 0 Å². The first-order chi connectivity index (χ1) is 24.2. The molecule has 0 saturated carbocycles. The number of halogens is 8. The van der Waals surface area contributed by atoms with Crippen molar-refractivity contribution in [2.45, 2.75) is 43.7 Å². The summed E-state index contributed by atoms with van der Waals surface area (Å²) in [6.07, 6.45) is -9.47. The molecule has 0 aromatic heterocycles. The number of anilines is 2. The van der Waals surface area contributed by atoms with E-state index >= 15 is 0 Å². The van der Waals surface area contributed by atoms with Crippen LogP contribution in [0.5, 0.6) is 0 Å². The first kappa shape index (κ1) is 45.9. The second kappa shape index (κ2) is 19.7. The third-order valence-corrected chi connectivity index (χ3v) is 7.12. The highest BCUT2D eigenvalue weighted by molar-refractivity contribution is 7.92. The average Bonchev–Trinajstić information content (AvgIpc) is 2.97. The SMILES string of the molecule is CS(=O)(=O)Nc1cccc(NC(=O)CN2CCN(C(=O)C[C@H](N)Cc3ccc(F)c(F)c3)C(CC(=O)O)C2)c1.O=C(O)C(F)(F)F.O=C(O)C(F)(F)F. The molecule has 1 aliphatic heterocycles. The van der Waals surface area contributed by atoms with Gasteiger partial charge < -0.3 is 31.3 Å². The van der Waals surface area contributed by atoms with Gasteiger partial charge in [-0.2, -0.15) is 26.3 Å². The number of aliphatic carboxylic acids is 3. The molecule has 2 aromatic rings. The van der Waals surface area contributed by atoms with Gasteiger partial charge in [-0.3, -0.25) is 24.0 Å². The fourth-order valence-electron chi connectivity index (χ4n) is 4.43. The number of benzene rings is 2. The number of nitrogens with two attached hydrogens (primary N) is 1. The Morgan fingerprint density at radius 1 is 0.887 bits per heavy atom. The van der Waals surface area contributed by atoms with E-state index in [9.17, 15) is 63.0 Å². The standard InChI is InChI=1S/C25H31F2N5O6S.2C2HF3O2/c1-39(37,38)30-19-4-2-3-18(12-19)29-23(33)15-31-7-8-32(20(14-31)13-25(35)36)24(34)11-17(28)9-16-5-6-21(26)22(27)10-16;2*3-2(4,5)1(6)7/h2-6,10,12,17,20,30H,7-9,11,13-15,28H2,1H3,(H,29,33)(H,35,36);2*(H,6,7)/t17-,20?;;/m1../s1. The van der Waals surface area contributed by atoms with Crippen LogP contribution in [0.4, 0.5) is 46.5 Å². The van der Waals surface area contributed by atoms with Gasteiger partial charge in [0.05, 0.1) is 31.0 Å². The molecule has 1 aliphatic rings. The molecule has 1 unspecified atom stereocenters. The van der Waals surface area contributed by atoms with Gasteiger partial charge in [0.25, 0.3) is 0 Å². The summed E-state index contributed by atoms with van der Waals surface area (Å²) in [6.45, 7) is 0.552. The molecule has 1 heterocycles. The fourth-order valence-corrected chi connectivity index (χ4v) is 4.98. The Kier molecular flexibility index (Phi) is 17.0. The van der Waals surface area contributed by atoms with E-state index in [1.54, 1.807) is 17.0 Å². The van der Waals surface area contributed by atoms with Crippen molar-refractivity contribution in [2.75, 3.05) is 42.5 Å². The summed E-state index contributed by atoms with van der Waals surface area (Å²) in [5.74, 6) is -9.37. The molecule has 3 rings (SSSR count). The quantitative estimate of drug-likeness (QED) is 0.180. The zero-order valence-corrected chi connectivity index (χ0v) is 28.1. The topological polar surface area (TPSA) is 237 Å². The third kappa shape index (κ3) is 18.3. The number of carboxylic acid groups (broad SMARTS) is 3. The van der Waals surface area contributed by atoms with Crippen LogP contribution in [0, 0.1) is 11.6 Å². The second-order valence-corrected chi connectivity index (χ2v) is 12.8. The van der Waals surface area contributed by atoms with Crippen LogP contribution in [0.2, 0.25) is 0 Å². The van der Waals surface area contributed by atoms with E-state index in [-0.39, 0.29) is 50.5 Å². The lowest BCUT2D eigenvalue weighted by molar-refractivity contribution is -0.193. The number of nitrogens with zero attached hydrogens (tertiary/aromatic N) is 2. The Morgan fingerprint density at radius 3 is 1.92 bits per heavy atom. The lowest BCUT2D eigenvalue weighted by atomic mass is 10.0. The number of piperazine rings is 1. The molecule has 15 nitrogen and oxygen atoms in total. The van der Waals surface area contributed by atoms with Crippen molar-refractivity contribution in [3.05, 3.63) is 59.7 Å². The molecule has 2 amide bonds. The highest BCUT2D eigenvalue weighted by Crippen LogP contribution is 2.19. The largest absolute Gasteiger partial charge is 0.490 e. The smallest absolute Gasteiger partial charge is 0.481 e. The predicted molar refractivity (Wildman–Crippen MR) is 168 cm³/mol. The van der Waals surface area contributed by atoms with Crippen molar-refractivity contribution < 1.29 is 82.8 Å². The van der Waals surface area contributed by atoms with Crippen LogP contribution < -0.4 is 15.8 Å². The van der Waals surface area contributed by atoms with E-state index in [4.69, 9.17) is 25.5 Å². The van der Waals surface area contributed by atoms with E-state index in [2.05, 4.69) is 10.0 Å². The summed E-state index contributed by atoms with van der Waals surface area (Å²) in [5.41, 5.74) is 7.17. The number of rotatable bonds is 11. The minimum Gasteiger partial charge on any atom is -0.481 e. The van der Waals surface area contributed by atoms with Crippen molar-refractivity contribution in [2.24, 2.45) is 5.73 Å². The van der Waals surface area contributed by atoms with Crippen LogP contribution in [0.3, 0.4) is 0 Å². The molecule has 296 valence electrons. The summed E-state index contributed by atoms with van der Waals surface area (Å²) < 4.78 is 115. The van der Waals surface area contributed by atoms with Gasteiger partial charge in [0.1, 0.15) is 0 Å². The molecule has 0 bridgehead atoms. The molecule has 2 atom stereocenters. The summed E-state index contributed by atoms with van der Waals surface area (Å²) in [4.78, 5) is 58.1. The van der Waals surface area contributed by atoms with Gasteiger partial charge in [0.15, 0.2) is 11.6 Å². The van der Waals surface area contributed by atoms with Crippen molar-refractivity contribution in [1.29, 1.82) is 0 Å². The summed E-state index contributed by atoms with van der Waals surface area (Å²) in [7, 11) is -3.49. The predicted octanol–water partition coefficient (Wildman–Crippen LogP) is 2.49. The zero-order chi connectivity index (χ0) is 40.9. The molecule has 2 aromatic carbocycles. The van der Waals surface area contributed by atoms with Crippen LogP contribution >= 0.6 is 0 Å². The third-order valence-electron chi connectivity index (χ3n) is 6.52. The van der Waals surface area contributed by atoms with Gasteiger partial charge in [-0.1, -0.05) is 12.1 Å². The first-order valence-corrected chi connectivity index (χ1v) is 16.5. The Balaban J connectivity index is 0.000000845. The number of carbonyl (C=O) groups excluding carboxylic acids is 2. The van der Waals surface area contributed by atoms with Crippen molar-refractivity contribution in [1.82, 2.24) is 9.80 Å². The van der Waals surface area contributed by atoms with Crippen LogP contribution in [0.1, 0.15) is 18.4 Å². The molecule has 0 spiro atoms. The first-order valence-electron chi connectivity index (χ1n) is 14.6. The molecule has 53 heavy (non-hydrogen) atoms. The van der Waals surface area contributed by atoms with E-state index in [0.29, 0.717) is 17.8 Å². The minimum atomic E-state index is -5.08. The number of amides is 2. The molecule has 0 radical (unpaired) electrons. The van der Waals surface area contributed by atoms with Crippen LogP contribution in [-0.4, -0.2) is 120 Å². The van der Waals surface area contributed by atoms with Gasteiger partial charge in [0, 0.05) is 37.8 Å². The highest BCUT2D eigenvalue weighted by Gasteiger charge is 2.39. The molecular formula is C29H33F8N5O10S. The fraction of sp³-hybridized carbons (Fsp3) is 0.414. The van der Waals surface area contributed by atoms with Gasteiger partial charge >= 0.3 is 30.3 Å². The summed E-state index contributed by atoms with van der Waals surface area (Å²) in [5, 5.41) is 26.3. The molecular weight excluding hydrogens is 762 g/mol. The van der Waals surface area contributed by atoms with Crippen molar-refractivity contribution in [3.8, 4) is 0 Å². The van der Waals surface area contributed by atoms with Crippen molar-refractivity contribution >= 4 is 51.1 Å². The number of sulfonamides is 1. The second-order valence-electron chi connectivity index (χ2n) is 11.1. The molecule has 0 aliphatic carbocycles. The molecule has 24 heteroatoms. The maximum absolute atomic E-state index is 13.5. The van der Waals surface area contributed by atoms with Gasteiger partial charge in [-0.15, -0.1) is 0 Å². The number of hydrogen-bond acceptors (Lipinski definition) is 9. The summed E-state index contributed by atoms with van der Waals surface area (Å²) in [6, 6.07) is 8.18. The van der Waals surface area contributed by atoms with E-state index in [0.717, 1.165) is 18.4 Å². The Bertz CT molecular complexity index is 1700. The number of nitrogens with one attached hydrogen (secondary N) is 2. The molecule has 7 N–H and O–H groups in total. The van der Waals surface area contributed by atoms with Crippen LogP contribution in [-0.2, 0) is 40.4 Å². The number of carboxylic acids is 3. The lowest BCUT2D eigenvalue weighted by Crippen LogP contribution is -2.57. The normalized spacial score (nSPS) is 15.4. The monoisotopic (exact) mass is 795 g/mol. The molecule has 1 saturated heterocycles. The van der Waals surface area contributed by atoms with E-state index in [1.165, 1.54) is 23.1 Å². The Morgan fingerprint density at radius 2 is 1.43 bits per heavy atom. The van der Waals surface area contributed by atoms with Crippen LogP contribution in [0.25, 0.3) is 0 Å². The summed E-state index contributed by atoms with van der Waals surface area (Å²) >= 11 is 0. The maximum Gasteiger partial charge on any atom is 0.490 e. The highest BCUT2D eigenvalue weighted by atomic mass is 32.2. The minimum absolute atomic E-state index is 0.0719. The van der Waals surface area contributed by atoms with E-state index < -0.39 is 69.9 Å².